The van der Waals surface area contributed by atoms with E-state index >= 15 is 0 Å². The van der Waals surface area contributed by atoms with Gasteiger partial charge in [-0.05, 0) is 65.8 Å². The second kappa shape index (κ2) is 11.5. The van der Waals surface area contributed by atoms with Crippen molar-refractivity contribution in [2.45, 2.75) is 65.2 Å². The molecule has 2 aromatic carbocycles. The van der Waals surface area contributed by atoms with Crippen LogP contribution in [0.3, 0.4) is 0 Å². The molecule has 1 saturated carbocycles. The van der Waals surface area contributed by atoms with Crippen molar-refractivity contribution >= 4 is 11.7 Å². The Morgan fingerprint density at radius 1 is 1.03 bits per heavy atom. The number of hydrogen-bond donors (Lipinski definition) is 1. The summed E-state index contributed by atoms with van der Waals surface area (Å²) in [6.45, 7) is 10.0. The smallest absolute Gasteiger partial charge is 0.300 e. The SMILES string of the molecule is C=CN1CCc2cc(-c3ccc(C4CCCCC4)cc3)ccc21.CC.CC(=O)O. The molecule has 29 heavy (non-hydrogen) atoms. The van der Waals surface area contributed by atoms with E-state index in [1.165, 1.54) is 60.0 Å². The molecule has 1 N–H and O–H groups in total. The monoisotopic (exact) mass is 393 g/mol. The second-order valence-electron chi connectivity index (χ2n) is 7.45. The molecule has 156 valence electrons. The summed E-state index contributed by atoms with van der Waals surface area (Å²) in [6.07, 6.45) is 10.0. The molecule has 0 unspecified atom stereocenters. The van der Waals surface area contributed by atoms with E-state index in [0.29, 0.717) is 0 Å². The van der Waals surface area contributed by atoms with Crippen LogP contribution in [0.15, 0.2) is 55.2 Å². The van der Waals surface area contributed by atoms with Gasteiger partial charge in [-0.25, -0.2) is 0 Å². The average Bonchev–Trinajstić information content (AvgIpc) is 3.18. The molecule has 0 amide bonds. The summed E-state index contributed by atoms with van der Waals surface area (Å²) in [5, 5.41) is 7.42. The Balaban J connectivity index is 0.000000449. The van der Waals surface area contributed by atoms with Gasteiger partial charge in [-0.2, -0.15) is 0 Å². The molecule has 0 bridgehead atoms. The highest BCUT2D eigenvalue weighted by Gasteiger charge is 2.18. The molecule has 0 radical (unpaired) electrons. The van der Waals surface area contributed by atoms with Crippen molar-refractivity contribution in [2.24, 2.45) is 0 Å². The van der Waals surface area contributed by atoms with Gasteiger partial charge in [0.1, 0.15) is 0 Å². The number of anilines is 1. The highest BCUT2D eigenvalue weighted by Crippen LogP contribution is 2.35. The Kier molecular flexibility index (Phi) is 8.98. The number of carboxylic acid groups (broad SMARTS) is 1. The van der Waals surface area contributed by atoms with Gasteiger partial charge in [-0.3, -0.25) is 4.79 Å². The first-order chi connectivity index (χ1) is 14.1. The minimum Gasteiger partial charge on any atom is -0.481 e. The lowest BCUT2D eigenvalue weighted by molar-refractivity contribution is -0.134. The predicted molar refractivity (Wildman–Crippen MR) is 124 cm³/mol. The number of hydrogen-bond acceptors (Lipinski definition) is 2. The van der Waals surface area contributed by atoms with Crippen molar-refractivity contribution in [2.75, 3.05) is 11.4 Å². The van der Waals surface area contributed by atoms with Crippen LogP contribution in [-0.2, 0) is 11.2 Å². The molecule has 1 heterocycles. The summed E-state index contributed by atoms with van der Waals surface area (Å²) in [5.74, 6) is -0.0426. The van der Waals surface area contributed by atoms with Gasteiger partial charge in [-0.1, -0.05) is 70.0 Å². The van der Waals surface area contributed by atoms with Crippen LogP contribution in [0.5, 0.6) is 0 Å². The number of aliphatic carboxylic acids is 1. The van der Waals surface area contributed by atoms with E-state index in [2.05, 4.69) is 53.9 Å². The van der Waals surface area contributed by atoms with Crippen molar-refractivity contribution < 1.29 is 9.90 Å². The maximum atomic E-state index is 9.00. The van der Waals surface area contributed by atoms with Gasteiger partial charge in [0.15, 0.2) is 0 Å². The van der Waals surface area contributed by atoms with Crippen molar-refractivity contribution in [3.8, 4) is 11.1 Å². The molecular weight excluding hydrogens is 358 g/mol. The third-order valence-corrected chi connectivity index (χ3v) is 5.55. The lowest BCUT2D eigenvalue weighted by Crippen LogP contribution is -2.10. The summed E-state index contributed by atoms with van der Waals surface area (Å²) in [4.78, 5) is 11.2. The van der Waals surface area contributed by atoms with Gasteiger partial charge in [0.25, 0.3) is 5.97 Å². The summed E-state index contributed by atoms with van der Waals surface area (Å²) < 4.78 is 0. The Morgan fingerprint density at radius 2 is 1.62 bits per heavy atom. The number of carbonyl (C=O) groups is 1. The van der Waals surface area contributed by atoms with Crippen LogP contribution in [-0.4, -0.2) is 17.6 Å². The third-order valence-electron chi connectivity index (χ3n) is 5.55. The summed E-state index contributed by atoms with van der Waals surface area (Å²) >= 11 is 0. The normalized spacial score (nSPS) is 15.3. The van der Waals surface area contributed by atoms with Gasteiger partial charge in [0, 0.05) is 19.2 Å². The lowest BCUT2D eigenvalue weighted by atomic mass is 9.83. The second-order valence-corrected chi connectivity index (χ2v) is 7.45. The van der Waals surface area contributed by atoms with E-state index in [9.17, 15) is 0 Å². The zero-order valence-electron chi connectivity index (χ0n) is 18.2. The maximum absolute atomic E-state index is 9.00. The van der Waals surface area contributed by atoms with Crippen molar-refractivity contribution in [1.82, 2.24) is 0 Å². The van der Waals surface area contributed by atoms with Gasteiger partial charge >= 0.3 is 0 Å². The molecule has 2 aliphatic rings. The third kappa shape index (κ3) is 6.22. The lowest BCUT2D eigenvalue weighted by Gasteiger charge is -2.22. The van der Waals surface area contributed by atoms with E-state index in [1.807, 2.05) is 20.0 Å². The molecule has 1 aliphatic heterocycles. The largest absolute Gasteiger partial charge is 0.481 e. The Bertz CT molecular complexity index is 785. The summed E-state index contributed by atoms with van der Waals surface area (Å²) in [7, 11) is 0. The minimum atomic E-state index is -0.833. The minimum absolute atomic E-state index is 0.791. The zero-order valence-corrected chi connectivity index (χ0v) is 18.2. The molecule has 0 saturated heterocycles. The van der Waals surface area contributed by atoms with Crippen LogP contribution in [0.1, 0.15) is 69.9 Å². The Hall–Kier alpha value is -2.55. The van der Waals surface area contributed by atoms with E-state index in [1.54, 1.807) is 0 Å². The molecule has 1 aliphatic carbocycles. The van der Waals surface area contributed by atoms with Crippen molar-refractivity contribution in [1.29, 1.82) is 0 Å². The molecule has 0 spiro atoms. The molecule has 1 fully saturated rings. The fourth-order valence-corrected chi connectivity index (χ4v) is 4.18. The van der Waals surface area contributed by atoms with E-state index in [4.69, 9.17) is 9.90 Å². The van der Waals surface area contributed by atoms with Gasteiger partial charge in [-0.15, -0.1) is 0 Å². The van der Waals surface area contributed by atoms with Gasteiger partial charge in [0.05, 0.1) is 0 Å². The van der Waals surface area contributed by atoms with Gasteiger partial charge in [0.2, 0.25) is 0 Å². The molecule has 0 aromatic heterocycles. The van der Waals surface area contributed by atoms with E-state index in [-0.39, 0.29) is 0 Å². The number of nitrogens with zero attached hydrogens (tertiary/aromatic N) is 1. The average molecular weight is 394 g/mol. The van der Waals surface area contributed by atoms with Crippen molar-refractivity contribution in [3.05, 3.63) is 66.4 Å². The fraction of sp³-hybridized carbons (Fsp3) is 0.423. The van der Waals surface area contributed by atoms with Crippen LogP contribution in [0.2, 0.25) is 0 Å². The molecule has 2 aromatic rings. The molecule has 4 rings (SSSR count). The highest BCUT2D eigenvalue weighted by molar-refractivity contribution is 5.71. The van der Waals surface area contributed by atoms with Crippen LogP contribution in [0.25, 0.3) is 11.1 Å². The van der Waals surface area contributed by atoms with Crippen LogP contribution in [0.4, 0.5) is 5.69 Å². The summed E-state index contributed by atoms with van der Waals surface area (Å²) in [6, 6.07) is 16.2. The Morgan fingerprint density at radius 3 is 2.21 bits per heavy atom. The van der Waals surface area contributed by atoms with Crippen LogP contribution >= 0.6 is 0 Å². The van der Waals surface area contributed by atoms with E-state index in [0.717, 1.165) is 25.8 Å². The number of benzene rings is 2. The first-order valence-corrected chi connectivity index (χ1v) is 10.9. The van der Waals surface area contributed by atoms with E-state index < -0.39 is 5.97 Å². The first-order valence-electron chi connectivity index (χ1n) is 10.9. The molecule has 0 atom stereocenters. The number of carboxylic acids is 1. The molecule has 3 heteroatoms. The maximum Gasteiger partial charge on any atom is 0.300 e. The quantitative estimate of drug-likeness (QED) is 0.609. The number of fused-ring (bicyclic) bond motifs is 1. The molecule has 3 nitrogen and oxygen atoms in total. The Labute approximate surface area is 176 Å². The van der Waals surface area contributed by atoms with Gasteiger partial charge < -0.3 is 10.0 Å². The first kappa shape index (κ1) is 22.7. The standard InChI is InChI=1S/C22H25N.C2H4O2.C2H6/c1-2-23-15-14-21-16-20(12-13-22(21)23)19-10-8-18(9-11-19)17-6-4-3-5-7-17;1-2(3)4;1-2/h2,8-13,16-17H,1,3-7,14-15H2;1H3,(H,3,4);1-2H3. The predicted octanol–water partition coefficient (Wildman–Crippen LogP) is 7.02. The van der Waals surface area contributed by atoms with Crippen LogP contribution < -0.4 is 4.90 Å². The fourth-order valence-electron chi connectivity index (χ4n) is 4.18. The summed E-state index contributed by atoms with van der Waals surface area (Å²) in [5.41, 5.74) is 6.98. The number of rotatable bonds is 3. The van der Waals surface area contributed by atoms with Crippen molar-refractivity contribution in [3.63, 3.8) is 0 Å². The molecular formula is C26H35NO2. The highest BCUT2D eigenvalue weighted by atomic mass is 16.4. The zero-order chi connectivity index (χ0) is 21.2. The topological polar surface area (TPSA) is 40.5 Å². The van der Waals surface area contributed by atoms with Crippen LogP contribution in [0, 0.1) is 0 Å².